The van der Waals surface area contributed by atoms with E-state index in [9.17, 15) is 0 Å². The van der Waals surface area contributed by atoms with E-state index in [4.69, 9.17) is 11.6 Å². The second-order valence-electron chi connectivity index (χ2n) is 3.76. The highest BCUT2D eigenvalue weighted by atomic mass is 35.5. The van der Waals surface area contributed by atoms with E-state index in [1.54, 1.807) is 0 Å². The highest BCUT2D eigenvalue weighted by molar-refractivity contribution is 7.05. The van der Waals surface area contributed by atoms with Crippen LogP contribution in [0, 0.1) is 0 Å². The van der Waals surface area contributed by atoms with Gasteiger partial charge in [0.1, 0.15) is 0 Å². The lowest BCUT2D eigenvalue weighted by Gasteiger charge is -2.15. The lowest BCUT2D eigenvalue weighted by molar-refractivity contribution is 0.557. The Balaban J connectivity index is 2.13. The van der Waals surface area contributed by atoms with Gasteiger partial charge in [0.2, 0.25) is 0 Å². The number of nitrogens with one attached hydrogen (secondary N) is 1. The van der Waals surface area contributed by atoms with Crippen molar-refractivity contribution in [3.8, 4) is 0 Å². The second-order valence-corrected chi connectivity index (χ2v) is 5.02. The highest BCUT2D eigenvalue weighted by Gasteiger charge is 2.13. The second kappa shape index (κ2) is 6.10. The fraction of sp³-hybridized carbons (Fsp3) is 0.333. The predicted octanol–water partition coefficient (Wildman–Crippen LogP) is 3.08. The van der Waals surface area contributed by atoms with Gasteiger partial charge in [0.05, 0.1) is 11.1 Å². The number of hydrogen-bond acceptors (Lipinski definition) is 4. The molecule has 0 aliphatic heterocycles. The molecule has 1 atom stereocenters. The molecule has 0 radical (unpaired) electrons. The van der Waals surface area contributed by atoms with Crippen LogP contribution in [-0.2, 0) is 6.42 Å². The van der Waals surface area contributed by atoms with Gasteiger partial charge in [0.15, 0.2) is 0 Å². The van der Waals surface area contributed by atoms with Gasteiger partial charge in [-0.1, -0.05) is 35.1 Å². The maximum atomic E-state index is 5.99. The van der Waals surface area contributed by atoms with Crippen molar-refractivity contribution in [2.24, 2.45) is 0 Å². The minimum Gasteiger partial charge on any atom is -0.309 e. The van der Waals surface area contributed by atoms with Crippen molar-refractivity contribution >= 4 is 23.1 Å². The normalized spacial score (nSPS) is 12.6. The molecule has 0 aliphatic rings. The van der Waals surface area contributed by atoms with Crippen LogP contribution in [0.4, 0.5) is 0 Å². The predicted molar refractivity (Wildman–Crippen MR) is 71.5 cm³/mol. The summed E-state index contributed by atoms with van der Waals surface area (Å²) in [5, 5.41) is 8.11. The number of rotatable bonds is 5. The van der Waals surface area contributed by atoms with Crippen LogP contribution in [0.15, 0.2) is 30.5 Å². The lowest BCUT2D eigenvalue weighted by atomic mass is 10.1. The largest absolute Gasteiger partial charge is 0.309 e. The van der Waals surface area contributed by atoms with E-state index in [-0.39, 0.29) is 6.04 Å². The van der Waals surface area contributed by atoms with Gasteiger partial charge >= 0.3 is 0 Å². The van der Waals surface area contributed by atoms with E-state index in [0.29, 0.717) is 0 Å². The molecule has 1 unspecified atom stereocenters. The molecule has 90 valence electrons. The third-order valence-corrected chi connectivity index (χ3v) is 3.51. The van der Waals surface area contributed by atoms with E-state index in [1.807, 2.05) is 24.4 Å². The van der Waals surface area contributed by atoms with Crippen molar-refractivity contribution in [1.82, 2.24) is 14.9 Å². The summed E-state index contributed by atoms with van der Waals surface area (Å²) in [6.07, 6.45) is 2.72. The minimum atomic E-state index is 0.262. The average Bonchev–Trinajstić information content (AvgIpc) is 2.82. The zero-order valence-corrected chi connectivity index (χ0v) is 11.1. The van der Waals surface area contributed by atoms with E-state index < -0.39 is 0 Å². The zero-order valence-electron chi connectivity index (χ0n) is 9.56. The van der Waals surface area contributed by atoms with Crippen molar-refractivity contribution in [3.05, 3.63) is 45.9 Å². The molecule has 2 aromatic rings. The molecule has 0 bridgehead atoms. The Hall–Kier alpha value is -0.970. The van der Waals surface area contributed by atoms with E-state index in [2.05, 4.69) is 27.9 Å². The fourth-order valence-corrected chi connectivity index (χ4v) is 2.54. The van der Waals surface area contributed by atoms with Crippen molar-refractivity contribution in [1.29, 1.82) is 0 Å². The standard InChI is InChI=1S/C12H14ClN3S/c1-2-14-11(12-8-15-16-17-12)7-9-4-3-5-10(13)6-9/h3-6,8,11,14H,2,7H2,1H3. The van der Waals surface area contributed by atoms with Gasteiger partial charge in [0.25, 0.3) is 0 Å². The Bertz CT molecular complexity index is 459. The Morgan fingerprint density at radius 2 is 2.35 bits per heavy atom. The van der Waals surface area contributed by atoms with Crippen molar-refractivity contribution < 1.29 is 0 Å². The number of hydrogen-bond donors (Lipinski definition) is 1. The summed E-state index contributed by atoms with van der Waals surface area (Å²) < 4.78 is 3.91. The van der Waals surface area contributed by atoms with Crippen LogP contribution in [0.1, 0.15) is 23.4 Å². The van der Waals surface area contributed by atoms with Crippen LogP contribution >= 0.6 is 23.1 Å². The Morgan fingerprint density at radius 1 is 1.47 bits per heavy atom. The van der Waals surface area contributed by atoms with E-state index >= 15 is 0 Å². The lowest BCUT2D eigenvalue weighted by Crippen LogP contribution is -2.22. The summed E-state index contributed by atoms with van der Waals surface area (Å²) in [7, 11) is 0. The smallest absolute Gasteiger partial charge is 0.0669 e. The Labute approximate surface area is 110 Å². The summed E-state index contributed by atoms with van der Waals surface area (Å²) in [5.41, 5.74) is 1.22. The molecule has 1 N–H and O–H groups in total. The van der Waals surface area contributed by atoms with Gasteiger partial charge in [-0.25, -0.2) is 0 Å². The molecule has 1 aromatic heterocycles. The summed E-state index contributed by atoms with van der Waals surface area (Å²) in [4.78, 5) is 1.16. The first-order chi connectivity index (χ1) is 8.29. The number of aromatic nitrogens is 2. The third-order valence-electron chi connectivity index (χ3n) is 2.50. The summed E-state index contributed by atoms with van der Waals surface area (Å²) in [5.74, 6) is 0. The van der Waals surface area contributed by atoms with Gasteiger partial charge in [-0.15, -0.1) is 5.10 Å². The molecule has 0 aliphatic carbocycles. The molecule has 17 heavy (non-hydrogen) atoms. The maximum Gasteiger partial charge on any atom is 0.0669 e. The topological polar surface area (TPSA) is 37.8 Å². The van der Waals surface area contributed by atoms with E-state index in [0.717, 1.165) is 22.9 Å². The van der Waals surface area contributed by atoms with Gasteiger partial charge < -0.3 is 5.32 Å². The molecule has 0 spiro atoms. The first kappa shape index (κ1) is 12.5. The van der Waals surface area contributed by atoms with Crippen LogP contribution in [0.25, 0.3) is 0 Å². The van der Waals surface area contributed by atoms with Gasteiger partial charge in [-0.3, -0.25) is 0 Å². The number of likely N-dealkylation sites (N-methyl/N-ethyl adjacent to an activating group) is 1. The maximum absolute atomic E-state index is 5.99. The Morgan fingerprint density at radius 3 is 3.00 bits per heavy atom. The van der Waals surface area contributed by atoms with Crippen LogP contribution in [-0.4, -0.2) is 16.1 Å². The molecule has 0 amide bonds. The molecule has 0 saturated carbocycles. The average molecular weight is 268 g/mol. The van der Waals surface area contributed by atoms with Gasteiger partial charge in [-0.05, 0) is 42.2 Å². The van der Waals surface area contributed by atoms with Crippen LogP contribution in [0.5, 0.6) is 0 Å². The number of halogens is 1. The van der Waals surface area contributed by atoms with Crippen molar-refractivity contribution in [2.45, 2.75) is 19.4 Å². The molecule has 3 nitrogen and oxygen atoms in total. The van der Waals surface area contributed by atoms with Gasteiger partial charge in [0, 0.05) is 11.1 Å². The van der Waals surface area contributed by atoms with Crippen LogP contribution < -0.4 is 5.32 Å². The molecule has 1 aromatic carbocycles. The minimum absolute atomic E-state index is 0.262. The van der Waals surface area contributed by atoms with Gasteiger partial charge in [-0.2, -0.15) is 0 Å². The summed E-state index contributed by atoms with van der Waals surface area (Å²) >= 11 is 7.43. The van der Waals surface area contributed by atoms with E-state index in [1.165, 1.54) is 17.1 Å². The third kappa shape index (κ3) is 3.49. The van der Waals surface area contributed by atoms with Crippen LogP contribution in [0.3, 0.4) is 0 Å². The van der Waals surface area contributed by atoms with Crippen molar-refractivity contribution in [2.75, 3.05) is 6.54 Å². The number of benzene rings is 1. The molecular weight excluding hydrogens is 254 g/mol. The molecule has 2 rings (SSSR count). The fourth-order valence-electron chi connectivity index (χ4n) is 1.75. The first-order valence-electron chi connectivity index (χ1n) is 5.54. The first-order valence-corrected chi connectivity index (χ1v) is 6.70. The monoisotopic (exact) mass is 267 g/mol. The molecule has 5 heteroatoms. The SMILES string of the molecule is CCNC(Cc1cccc(Cl)c1)c1cnns1. The molecule has 0 saturated heterocycles. The quantitative estimate of drug-likeness (QED) is 0.905. The molecule has 0 fully saturated rings. The summed E-state index contributed by atoms with van der Waals surface area (Å²) in [6.45, 7) is 3.02. The molecular formula is C12H14ClN3S. The molecule has 1 heterocycles. The number of nitrogens with zero attached hydrogens (tertiary/aromatic N) is 2. The van der Waals surface area contributed by atoms with Crippen LogP contribution in [0.2, 0.25) is 5.02 Å². The zero-order chi connectivity index (χ0) is 12.1. The Kier molecular flexibility index (Phi) is 4.48. The summed E-state index contributed by atoms with van der Waals surface area (Å²) in [6, 6.07) is 8.22. The highest BCUT2D eigenvalue weighted by Crippen LogP contribution is 2.21. The van der Waals surface area contributed by atoms with Crippen molar-refractivity contribution in [3.63, 3.8) is 0 Å².